The molecule has 4 heteroatoms. The van der Waals surface area contributed by atoms with Gasteiger partial charge < -0.3 is 10.5 Å². The summed E-state index contributed by atoms with van der Waals surface area (Å²) in [5.41, 5.74) is 7.49. The van der Waals surface area contributed by atoms with Gasteiger partial charge in [0.1, 0.15) is 0 Å². The van der Waals surface area contributed by atoms with E-state index in [4.69, 9.17) is 22.1 Å². The van der Waals surface area contributed by atoms with Crippen molar-refractivity contribution in [3.8, 4) is 0 Å². The lowest BCUT2D eigenvalue weighted by Gasteiger charge is -2.28. The van der Waals surface area contributed by atoms with Gasteiger partial charge in [-0.3, -0.25) is 0 Å². The topological polar surface area (TPSA) is 35.2 Å². The predicted molar refractivity (Wildman–Crippen MR) is 74.6 cm³/mol. The Labute approximate surface area is 115 Å². The molecule has 1 aromatic carbocycles. The van der Waals surface area contributed by atoms with Crippen LogP contribution in [0.2, 0.25) is 5.02 Å². The SMILES string of the molecule is NC(c1cc(Cl)ccc1I)C1CCOCC1. The van der Waals surface area contributed by atoms with Gasteiger partial charge in [0, 0.05) is 27.8 Å². The van der Waals surface area contributed by atoms with Crippen molar-refractivity contribution >= 4 is 34.2 Å². The van der Waals surface area contributed by atoms with Crippen LogP contribution < -0.4 is 5.73 Å². The van der Waals surface area contributed by atoms with Gasteiger partial charge in [-0.2, -0.15) is 0 Å². The number of rotatable bonds is 2. The molecule has 1 atom stereocenters. The maximum Gasteiger partial charge on any atom is 0.0469 e. The molecule has 1 heterocycles. The van der Waals surface area contributed by atoms with Crippen LogP contribution in [0.15, 0.2) is 18.2 Å². The van der Waals surface area contributed by atoms with Gasteiger partial charge in [-0.25, -0.2) is 0 Å². The quantitative estimate of drug-likeness (QED) is 0.829. The second-order valence-corrected chi connectivity index (χ2v) is 5.74. The van der Waals surface area contributed by atoms with Crippen LogP contribution in [0.4, 0.5) is 0 Å². The average molecular weight is 352 g/mol. The normalized spacial score (nSPS) is 19.7. The minimum absolute atomic E-state index is 0.0782. The van der Waals surface area contributed by atoms with E-state index in [9.17, 15) is 0 Å². The summed E-state index contributed by atoms with van der Waals surface area (Å²) in [4.78, 5) is 0. The van der Waals surface area contributed by atoms with Crippen molar-refractivity contribution in [3.05, 3.63) is 32.4 Å². The second-order valence-electron chi connectivity index (χ2n) is 4.14. The number of hydrogen-bond acceptors (Lipinski definition) is 2. The minimum atomic E-state index is 0.0782. The molecular weight excluding hydrogens is 336 g/mol. The first-order valence-electron chi connectivity index (χ1n) is 5.47. The van der Waals surface area contributed by atoms with E-state index in [-0.39, 0.29) is 6.04 Å². The van der Waals surface area contributed by atoms with E-state index in [1.807, 2.05) is 18.2 Å². The molecule has 2 rings (SSSR count). The smallest absolute Gasteiger partial charge is 0.0469 e. The Bertz CT molecular complexity index is 366. The number of nitrogens with two attached hydrogens (primary N) is 1. The van der Waals surface area contributed by atoms with E-state index in [0.29, 0.717) is 5.92 Å². The van der Waals surface area contributed by atoms with E-state index in [1.165, 1.54) is 9.13 Å². The first-order chi connectivity index (χ1) is 7.68. The molecule has 1 unspecified atom stereocenters. The van der Waals surface area contributed by atoms with Crippen molar-refractivity contribution in [2.75, 3.05) is 13.2 Å². The van der Waals surface area contributed by atoms with Gasteiger partial charge in [0.15, 0.2) is 0 Å². The van der Waals surface area contributed by atoms with Gasteiger partial charge in [0.25, 0.3) is 0 Å². The summed E-state index contributed by atoms with van der Waals surface area (Å²) in [7, 11) is 0. The Morgan fingerprint density at radius 2 is 2.06 bits per heavy atom. The minimum Gasteiger partial charge on any atom is -0.381 e. The molecule has 1 saturated heterocycles. The first-order valence-corrected chi connectivity index (χ1v) is 6.92. The molecule has 0 bridgehead atoms. The molecule has 0 spiro atoms. The average Bonchev–Trinajstić information content (AvgIpc) is 2.32. The highest BCUT2D eigenvalue weighted by molar-refractivity contribution is 14.1. The van der Waals surface area contributed by atoms with Gasteiger partial charge in [-0.05, 0) is 65.1 Å². The molecule has 16 heavy (non-hydrogen) atoms. The summed E-state index contributed by atoms with van der Waals surface area (Å²) in [6.45, 7) is 1.66. The molecule has 1 aliphatic rings. The largest absolute Gasteiger partial charge is 0.381 e. The lowest BCUT2D eigenvalue weighted by molar-refractivity contribution is 0.0583. The summed E-state index contributed by atoms with van der Waals surface area (Å²) in [5.74, 6) is 0.515. The van der Waals surface area contributed by atoms with Gasteiger partial charge in [0.2, 0.25) is 0 Å². The maximum absolute atomic E-state index is 6.32. The van der Waals surface area contributed by atoms with Crippen molar-refractivity contribution in [3.63, 3.8) is 0 Å². The van der Waals surface area contributed by atoms with Crippen molar-refractivity contribution in [1.82, 2.24) is 0 Å². The molecule has 2 N–H and O–H groups in total. The molecule has 1 aliphatic heterocycles. The fourth-order valence-corrected chi connectivity index (χ4v) is 2.97. The third-order valence-electron chi connectivity index (χ3n) is 3.09. The fraction of sp³-hybridized carbons (Fsp3) is 0.500. The molecule has 88 valence electrons. The Morgan fingerprint density at radius 3 is 2.75 bits per heavy atom. The lowest BCUT2D eigenvalue weighted by Crippen LogP contribution is -2.28. The van der Waals surface area contributed by atoms with Gasteiger partial charge in [0.05, 0.1) is 0 Å². The number of halogens is 2. The van der Waals surface area contributed by atoms with Crippen LogP contribution in [-0.2, 0) is 4.74 Å². The van der Waals surface area contributed by atoms with Crippen LogP contribution in [0.3, 0.4) is 0 Å². The van der Waals surface area contributed by atoms with E-state index in [0.717, 1.165) is 31.1 Å². The van der Waals surface area contributed by atoms with Crippen molar-refractivity contribution < 1.29 is 4.74 Å². The summed E-state index contributed by atoms with van der Waals surface area (Å²) in [6.07, 6.45) is 2.09. The van der Waals surface area contributed by atoms with Crippen molar-refractivity contribution in [2.45, 2.75) is 18.9 Å². The highest BCUT2D eigenvalue weighted by atomic mass is 127. The Balaban J connectivity index is 2.18. The second kappa shape index (κ2) is 5.67. The highest BCUT2D eigenvalue weighted by Crippen LogP contribution is 2.31. The predicted octanol–water partition coefficient (Wildman–Crippen LogP) is 3.37. The summed E-state index contributed by atoms with van der Waals surface area (Å²) < 4.78 is 6.55. The zero-order valence-electron chi connectivity index (χ0n) is 8.96. The van der Waals surface area contributed by atoms with Crippen LogP contribution in [0.25, 0.3) is 0 Å². The third kappa shape index (κ3) is 2.88. The van der Waals surface area contributed by atoms with E-state index in [1.54, 1.807) is 0 Å². The van der Waals surface area contributed by atoms with Gasteiger partial charge in [-0.1, -0.05) is 11.6 Å². The summed E-state index contributed by atoms with van der Waals surface area (Å²) in [6, 6.07) is 6.00. The standard InChI is InChI=1S/C12H15ClINO/c13-9-1-2-11(14)10(7-9)12(15)8-3-5-16-6-4-8/h1-2,7-8,12H,3-6,15H2. The zero-order valence-corrected chi connectivity index (χ0v) is 11.9. The molecule has 2 nitrogen and oxygen atoms in total. The lowest BCUT2D eigenvalue weighted by atomic mass is 9.88. The Hall–Kier alpha value is 0.160. The Kier molecular flexibility index (Phi) is 4.47. The maximum atomic E-state index is 6.32. The van der Waals surface area contributed by atoms with Crippen LogP contribution in [0, 0.1) is 9.49 Å². The molecule has 0 aromatic heterocycles. The number of hydrogen-bond donors (Lipinski definition) is 1. The summed E-state index contributed by atoms with van der Waals surface area (Å²) in [5, 5.41) is 0.762. The molecule has 0 amide bonds. The van der Waals surface area contributed by atoms with Gasteiger partial charge >= 0.3 is 0 Å². The van der Waals surface area contributed by atoms with Crippen LogP contribution >= 0.6 is 34.2 Å². The zero-order chi connectivity index (χ0) is 11.5. The highest BCUT2D eigenvalue weighted by Gasteiger charge is 2.23. The first kappa shape index (κ1) is 12.6. The van der Waals surface area contributed by atoms with E-state index >= 15 is 0 Å². The number of ether oxygens (including phenoxy) is 1. The third-order valence-corrected chi connectivity index (χ3v) is 4.31. The monoisotopic (exact) mass is 351 g/mol. The number of benzene rings is 1. The fourth-order valence-electron chi connectivity index (χ4n) is 2.10. The molecule has 0 radical (unpaired) electrons. The molecule has 1 fully saturated rings. The van der Waals surface area contributed by atoms with Crippen LogP contribution in [0.5, 0.6) is 0 Å². The Morgan fingerprint density at radius 1 is 1.38 bits per heavy atom. The van der Waals surface area contributed by atoms with E-state index in [2.05, 4.69) is 22.6 Å². The molecular formula is C12H15ClINO. The van der Waals surface area contributed by atoms with Crippen LogP contribution in [-0.4, -0.2) is 13.2 Å². The van der Waals surface area contributed by atoms with Crippen molar-refractivity contribution in [1.29, 1.82) is 0 Å². The summed E-state index contributed by atoms with van der Waals surface area (Å²) >= 11 is 8.33. The molecule has 1 aromatic rings. The van der Waals surface area contributed by atoms with E-state index < -0.39 is 0 Å². The van der Waals surface area contributed by atoms with Gasteiger partial charge in [-0.15, -0.1) is 0 Å². The van der Waals surface area contributed by atoms with Crippen LogP contribution in [0.1, 0.15) is 24.4 Å². The molecule has 0 aliphatic carbocycles. The molecule has 0 saturated carbocycles. The van der Waals surface area contributed by atoms with Crippen molar-refractivity contribution in [2.24, 2.45) is 11.7 Å².